The van der Waals surface area contributed by atoms with Crippen LogP contribution in [0.15, 0.2) is 48.5 Å². The van der Waals surface area contributed by atoms with Gasteiger partial charge in [0.15, 0.2) is 6.04 Å². The van der Waals surface area contributed by atoms with Crippen LogP contribution < -0.4 is 9.80 Å². The number of rotatable bonds is 7. The molecule has 1 aromatic heterocycles. The van der Waals surface area contributed by atoms with Crippen molar-refractivity contribution in [1.29, 1.82) is 0 Å². The summed E-state index contributed by atoms with van der Waals surface area (Å²) >= 11 is 0. The smallest absolute Gasteiger partial charge is 0.214 e. The molecule has 1 aliphatic rings. The molecule has 1 saturated heterocycles. The van der Waals surface area contributed by atoms with Crippen molar-refractivity contribution in [2.45, 2.75) is 19.5 Å². The number of anilines is 1. The van der Waals surface area contributed by atoms with E-state index in [0.717, 1.165) is 37.7 Å². The minimum atomic E-state index is 0.0689. The molecule has 2 N–H and O–H groups in total. The fourth-order valence-electron chi connectivity index (χ4n) is 4.09. The van der Waals surface area contributed by atoms with Crippen LogP contribution >= 0.6 is 0 Å². The van der Waals surface area contributed by atoms with Gasteiger partial charge in [0, 0.05) is 18.4 Å². The molecule has 158 valence electrons. The SMILES string of the molecule is COCCn1nnnc1[C@@H](c1ccc(C)cc1)[NH+]1CCN(c2ccc(O)cc2)CC1. The summed E-state index contributed by atoms with van der Waals surface area (Å²) < 4.78 is 7.11. The minimum Gasteiger partial charge on any atom is -0.508 e. The number of methoxy groups -OCH3 is 1. The molecule has 1 fully saturated rings. The molecule has 1 atom stereocenters. The zero-order valence-corrected chi connectivity index (χ0v) is 17.5. The summed E-state index contributed by atoms with van der Waals surface area (Å²) in [5.74, 6) is 1.18. The first-order valence-corrected chi connectivity index (χ1v) is 10.4. The van der Waals surface area contributed by atoms with Gasteiger partial charge in [-0.15, -0.1) is 5.10 Å². The molecule has 2 aromatic carbocycles. The Balaban J connectivity index is 1.57. The Labute approximate surface area is 176 Å². The largest absolute Gasteiger partial charge is 0.508 e. The number of nitrogens with zero attached hydrogens (tertiary/aromatic N) is 5. The number of quaternary nitrogens is 1. The normalized spacial score (nSPS) is 16.0. The summed E-state index contributed by atoms with van der Waals surface area (Å²) in [4.78, 5) is 3.81. The maximum atomic E-state index is 9.56. The van der Waals surface area contributed by atoms with Gasteiger partial charge in [0.05, 0.1) is 39.3 Å². The van der Waals surface area contributed by atoms with E-state index in [1.54, 1.807) is 19.2 Å². The second-order valence-corrected chi connectivity index (χ2v) is 7.76. The molecule has 8 nitrogen and oxygen atoms in total. The lowest BCUT2D eigenvalue weighted by molar-refractivity contribution is -0.927. The first-order valence-electron chi connectivity index (χ1n) is 10.4. The van der Waals surface area contributed by atoms with Crippen molar-refractivity contribution in [3.05, 3.63) is 65.5 Å². The van der Waals surface area contributed by atoms with Gasteiger partial charge in [0.2, 0.25) is 5.82 Å². The predicted octanol–water partition coefficient (Wildman–Crippen LogP) is 0.828. The molecule has 0 spiro atoms. The van der Waals surface area contributed by atoms with Crippen LogP contribution in [0.25, 0.3) is 0 Å². The van der Waals surface area contributed by atoms with Crippen LogP contribution in [0.4, 0.5) is 5.69 Å². The molecule has 3 aromatic rings. The fourth-order valence-corrected chi connectivity index (χ4v) is 4.09. The lowest BCUT2D eigenvalue weighted by Gasteiger charge is -2.37. The van der Waals surface area contributed by atoms with E-state index in [4.69, 9.17) is 4.74 Å². The summed E-state index contributed by atoms with van der Waals surface area (Å²) in [5, 5.41) is 22.1. The van der Waals surface area contributed by atoms with E-state index < -0.39 is 0 Å². The Kier molecular flexibility index (Phi) is 6.25. The highest BCUT2D eigenvalue weighted by molar-refractivity contribution is 5.49. The lowest BCUT2D eigenvalue weighted by Crippen LogP contribution is -3.15. The van der Waals surface area contributed by atoms with Crippen molar-refractivity contribution in [3.63, 3.8) is 0 Å². The van der Waals surface area contributed by atoms with E-state index in [1.807, 2.05) is 16.8 Å². The van der Waals surface area contributed by atoms with Crippen molar-refractivity contribution < 1.29 is 14.7 Å². The Morgan fingerprint density at radius 2 is 1.77 bits per heavy atom. The minimum absolute atomic E-state index is 0.0689. The van der Waals surface area contributed by atoms with E-state index in [0.29, 0.717) is 18.9 Å². The first-order chi connectivity index (χ1) is 14.7. The zero-order valence-electron chi connectivity index (χ0n) is 17.5. The lowest BCUT2D eigenvalue weighted by atomic mass is 10.0. The molecule has 0 saturated carbocycles. The molecule has 0 aliphatic carbocycles. The van der Waals surface area contributed by atoms with Gasteiger partial charge >= 0.3 is 0 Å². The number of phenolic OH excluding ortho intramolecular Hbond substituents is 1. The van der Waals surface area contributed by atoms with Crippen LogP contribution in [0.3, 0.4) is 0 Å². The van der Waals surface area contributed by atoms with Crippen LogP contribution in [-0.4, -0.2) is 65.2 Å². The average Bonchev–Trinajstić information content (AvgIpc) is 3.23. The third-order valence-corrected chi connectivity index (χ3v) is 5.76. The molecule has 4 rings (SSSR count). The Morgan fingerprint density at radius 1 is 1.07 bits per heavy atom. The molecule has 2 heterocycles. The van der Waals surface area contributed by atoms with Crippen molar-refractivity contribution in [2.75, 3.05) is 44.8 Å². The third kappa shape index (κ3) is 4.44. The van der Waals surface area contributed by atoms with E-state index in [2.05, 4.69) is 51.6 Å². The topological polar surface area (TPSA) is 80.7 Å². The number of hydrogen-bond acceptors (Lipinski definition) is 6. The maximum Gasteiger partial charge on any atom is 0.214 e. The monoisotopic (exact) mass is 409 g/mol. The predicted molar refractivity (Wildman–Crippen MR) is 114 cm³/mol. The average molecular weight is 410 g/mol. The van der Waals surface area contributed by atoms with Crippen molar-refractivity contribution in [3.8, 4) is 5.75 Å². The number of piperazine rings is 1. The highest BCUT2D eigenvalue weighted by Gasteiger charge is 2.34. The number of hydrogen-bond donors (Lipinski definition) is 2. The number of aryl methyl sites for hydroxylation is 1. The van der Waals surface area contributed by atoms with Gasteiger partial charge in [0.25, 0.3) is 0 Å². The Morgan fingerprint density at radius 3 is 2.43 bits per heavy atom. The fraction of sp³-hybridized carbons (Fsp3) is 0.409. The molecule has 1 aliphatic heterocycles. The van der Waals surface area contributed by atoms with Crippen LogP contribution in [0.2, 0.25) is 0 Å². The number of nitrogens with one attached hydrogen (secondary N) is 1. The number of tetrazole rings is 1. The highest BCUT2D eigenvalue weighted by atomic mass is 16.5. The quantitative estimate of drug-likeness (QED) is 0.602. The molecule has 30 heavy (non-hydrogen) atoms. The summed E-state index contributed by atoms with van der Waals surface area (Å²) in [6.45, 7) is 7.11. The second-order valence-electron chi connectivity index (χ2n) is 7.76. The molecule has 0 bridgehead atoms. The number of phenols is 1. The van der Waals surface area contributed by atoms with Gasteiger partial charge in [0.1, 0.15) is 5.75 Å². The van der Waals surface area contributed by atoms with Gasteiger partial charge < -0.3 is 19.6 Å². The first kappa shape index (κ1) is 20.3. The van der Waals surface area contributed by atoms with Gasteiger partial charge in [-0.1, -0.05) is 29.8 Å². The van der Waals surface area contributed by atoms with E-state index in [-0.39, 0.29) is 6.04 Å². The molecular weight excluding hydrogens is 380 g/mol. The van der Waals surface area contributed by atoms with Gasteiger partial charge in [-0.05, 0) is 41.6 Å². The van der Waals surface area contributed by atoms with E-state index in [9.17, 15) is 5.11 Å². The summed E-state index contributed by atoms with van der Waals surface area (Å²) in [6.07, 6.45) is 0. The van der Waals surface area contributed by atoms with E-state index >= 15 is 0 Å². The van der Waals surface area contributed by atoms with Gasteiger partial charge in [-0.3, -0.25) is 0 Å². The summed E-state index contributed by atoms with van der Waals surface area (Å²) in [5.41, 5.74) is 3.61. The number of aromatic nitrogens is 4. The second kappa shape index (κ2) is 9.23. The summed E-state index contributed by atoms with van der Waals surface area (Å²) in [7, 11) is 1.69. The van der Waals surface area contributed by atoms with Crippen molar-refractivity contribution in [1.82, 2.24) is 20.2 Å². The van der Waals surface area contributed by atoms with Gasteiger partial charge in [-0.2, -0.15) is 0 Å². The zero-order chi connectivity index (χ0) is 20.9. The number of benzene rings is 2. The van der Waals surface area contributed by atoms with E-state index in [1.165, 1.54) is 16.0 Å². The van der Waals surface area contributed by atoms with Crippen molar-refractivity contribution >= 4 is 5.69 Å². The van der Waals surface area contributed by atoms with Crippen molar-refractivity contribution in [2.24, 2.45) is 0 Å². The standard InChI is InChI=1S/C22H28N6O2/c1-17-3-5-18(6-4-17)21(22-23-24-25-28(22)15-16-30-2)27-13-11-26(12-14-27)19-7-9-20(29)10-8-19/h3-10,21,29H,11-16H2,1-2H3/p+1/t21-/m1/s1. The molecular formula is C22H29N6O2+. The van der Waals surface area contributed by atoms with Crippen LogP contribution in [0.5, 0.6) is 5.75 Å². The van der Waals surface area contributed by atoms with Crippen LogP contribution in [-0.2, 0) is 11.3 Å². The number of aromatic hydroxyl groups is 1. The molecule has 0 radical (unpaired) electrons. The Bertz CT molecular complexity index is 933. The third-order valence-electron chi connectivity index (χ3n) is 5.76. The van der Waals surface area contributed by atoms with Gasteiger partial charge in [-0.25, -0.2) is 4.68 Å². The molecule has 0 unspecified atom stereocenters. The highest BCUT2D eigenvalue weighted by Crippen LogP contribution is 2.21. The molecule has 0 amide bonds. The maximum absolute atomic E-state index is 9.56. The summed E-state index contributed by atoms with van der Waals surface area (Å²) in [6, 6.07) is 16.2. The molecule has 8 heteroatoms. The van der Waals surface area contributed by atoms with Crippen LogP contribution in [0.1, 0.15) is 23.0 Å². The Hall–Kier alpha value is -2.97. The van der Waals surface area contributed by atoms with Crippen LogP contribution in [0, 0.1) is 6.92 Å². The number of ether oxygens (including phenoxy) is 1.